The third-order valence-electron chi connectivity index (χ3n) is 6.55. The standard InChI is InChI=1S/C30H34FN3O6S/c1-21(2)17-32-30(36)26(15-22-7-5-4-6-8-22)33(18-23-9-11-24(31)12-10-23)29(35)19-34(41(3,37)38)25-13-14-27-28(16-25)40-20-39-27/h4-14,16,21,26H,15,17-20H2,1-3H3,(H,32,36)/t26-/m0/s1. The lowest BCUT2D eigenvalue weighted by Gasteiger charge is -2.33. The fraction of sp³-hybridized carbons (Fsp3) is 0.333. The van der Waals surface area contributed by atoms with Gasteiger partial charge in [-0.05, 0) is 41.3 Å². The first kappa shape index (κ1) is 29.9. The van der Waals surface area contributed by atoms with Crippen molar-refractivity contribution < 1.29 is 31.9 Å². The zero-order valence-electron chi connectivity index (χ0n) is 23.2. The van der Waals surface area contributed by atoms with Gasteiger partial charge in [-0.1, -0.05) is 56.3 Å². The van der Waals surface area contributed by atoms with Gasteiger partial charge in [0.25, 0.3) is 0 Å². The average molecular weight is 584 g/mol. The molecule has 0 saturated carbocycles. The molecule has 0 saturated heterocycles. The molecule has 2 amide bonds. The van der Waals surface area contributed by atoms with Crippen LogP contribution in [0.15, 0.2) is 72.8 Å². The highest BCUT2D eigenvalue weighted by Crippen LogP contribution is 2.36. The van der Waals surface area contributed by atoms with E-state index < -0.39 is 34.3 Å². The van der Waals surface area contributed by atoms with E-state index in [2.05, 4.69) is 5.32 Å². The van der Waals surface area contributed by atoms with Gasteiger partial charge >= 0.3 is 0 Å². The van der Waals surface area contributed by atoms with Crippen LogP contribution in [-0.4, -0.2) is 57.3 Å². The van der Waals surface area contributed by atoms with Crippen molar-refractivity contribution in [1.29, 1.82) is 0 Å². The number of hydrogen-bond acceptors (Lipinski definition) is 6. The second-order valence-electron chi connectivity index (χ2n) is 10.3. The molecule has 1 atom stereocenters. The minimum absolute atomic E-state index is 0.00863. The van der Waals surface area contributed by atoms with E-state index in [1.807, 2.05) is 44.2 Å². The number of hydrogen-bond donors (Lipinski definition) is 1. The number of halogens is 1. The molecule has 0 bridgehead atoms. The Labute approximate surface area is 239 Å². The molecule has 0 aromatic heterocycles. The number of rotatable bonds is 12. The number of carbonyl (C=O) groups excluding carboxylic acids is 2. The quantitative estimate of drug-likeness (QED) is 0.349. The Morgan fingerprint density at radius 2 is 1.63 bits per heavy atom. The van der Waals surface area contributed by atoms with Crippen molar-refractivity contribution in [3.63, 3.8) is 0 Å². The molecule has 4 rings (SSSR count). The molecule has 0 radical (unpaired) electrons. The molecule has 1 aliphatic rings. The SMILES string of the molecule is CC(C)CNC(=O)[C@H](Cc1ccccc1)N(Cc1ccc(F)cc1)C(=O)CN(c1ccc2c(c1)OCO2)S(C)(=O)=O. The van der Waals surface area contributed by atoms with Crippen molar-refractivity contribution in [2.24, 2.45) is 5.92 Å². The van der Waals surface area contributed by atoms with Gasteiger partial charge in [-0.15, -0.1) is 0 Å². The molecular formula is C30H34FN3O6S. The Morgan fingerprint density at radius 1 is 0.951 bits per heavy atom. The largest absolute Gasteiger partial charge is 0.454 e. The number of ether oxygens (including phenoxy) is 2. The minimum atomic E-state index is -3.93. The first-order chi connectivity index (χ1) is 19.5. The van der Waals surface area contributed by atoms with Crippen LogP contribution in [0.2, 0.25) is 0 Å². The predicted molar refractivity (Wildman–Crippen MR) is 153 cm³/mol. The molecule has 3 aromatic rings. The second-order valence-corrected chi connectivity index (χ2v) is 12.2. The summed E-state index contributed by atoms with van der Waals surface area (Å²) in [5.74, 6) is -0.402. The van der Waals surface area contributed by atoms with Crippen LogP contribution >= 0.6 is 0 Å². The predicted octanol–water partition coefficient (Wildman–Crippen LogP) is 3.73. The Bertz CT molecular complexity index is 1470. The summed E-state index contributed by atoms with van der Waals surface area (Å²) in [7, 11) is -3.93. The Hall–Kier alpha value is -4.12. The van der Waals surface area contributed by atoms with Crippen LogP contribution in [0.5, 0.6) is 11.5 Å². The van der Waals surface area contributed by atoms with E-state index in [-0.39, 0.29) is 37.3 Å². The number of carbonyl (C=O) groups is 2. The molecule has 0 unspecified atom stereocenters. The van der Waals surface area contributed by atoms with E-state index in [9.17, 15) is 22.4 Å². The van der Waals surface area contributed by atoms with Crippen molar-refractivity contribution in [2.75, 3.05) is 30.4 Å². The maximum atomic E-state index is 14.1. The number of sulfonamides is 1. The number of amides is 2. The zero-order valence-corrected chi connectivity index (χ0v) is 24.1. The van der Waals surface area contributed by atoms with Gasteiger partial charge in [-0.2, -0.15) is 0 Å². The lowest BCUT2D eigenvalue weighted by molar-refractivity contribution is -0.140. The highest BCUT2D eigenvalue weighted by molar-refractivity contribution is 7.92. The van der Waals surface area contributed by atoms with Crippen LogP contribution in [0, 0.1) is 11.7 Å². The summed E-state index contributed by atoms with van der Waals surface area (Å²) in [5, 5.41) is 2.92. The molecule has 1 N–H and O–H groups in total. The smallest absolute Gasteiger partial charge is 0.244 e. The van der Waals surface area contributed by atoms with E-state index in [4.69, 9.17) is 9.47 Å². The van der Waals surface area contributed by atoms with Crippen molar-refractivity contribution in [1.82, 2.24) is 10.2 Å². The van der Waals surface area contributed by atoms with Crippen LogP contribution in [0.25, 0.3) is 0 Å². The summed E-state index contributed by atoms with van der Waals surface area (Å²) in [4.78, 5) is 29.0. The number of benzene rings is 3. The maximum absolute atomic E-state index is 14.1. The van der Waals surface area contributed by atoms with Crippen molar-refractivity contribution in [3.05, 3.63) is 89.7 Å². The van der Waals surface area contributed by atoms with Crippen LogP contribution in [0.3, 0.4) is 0 Å². The van der Waals surface area contributed by atoms with Gasteiger partial charge in [0.15, 0.2) is 11.5 Å². The fourth-order valence-corrected chi connectivity index (χ4v) is 5.26. The Kier molecular flexibility index (Phi) is 9.49. The molecule has 0 spiro atoms. The van der Waals surface area contributed by atoms with Crippen LogP contribution in [0.4, 0.5) is 10.1 Å². The van der Waals surface area contributed by atoms with E-state index in [0.717, 1.165) is 16.1 Å². The summed E-state index contributed by atoms with van der Waals surface area (Å²) in [6, 6.07) is 18.5. The maximum Gasteiger partial charge on any atom is 0.244 e. The molecule has 0 fully saturated rings. The van der Waals surface area contributed by atoms with Crippen molar-refractivity contribution in [2.45, 2.75) is 32.9 Å². The summed E-state index contributed by atoms with van der Waals surface area (Å²) >= 11 is 0. The molecule has 218 valence electrons. The summed E-state index contributed by atoms with van der Waals surface area (Å²) in [6.07, 6.45) is 1.20. The molecule has 1 aliphatic heterocycles. The molecule has 3 aromatic carbocycles. The second kappa shape index (κ2) is 13.0. The third-order valence-corrected chi connectivity index (χ3v) is 7.69. The Morgan fingerprint density at radius 3 is 2.29 bits per heavy atom. The van der Waals surface area contributed by atoms with Crippen LogP contribution in [-0.2, 0) is 32.6 Å². The van der Waals surface area contributed by atoms with Crippen LogP contribution in [0.1, 0.15) is 25.0 Å². The molecule has 9 nitrogen and oxygen atoms in total. The summed E-state index contributed by atoms with van der Waals surface area (Å²) < 4.78 is 51.2. The third kappa shape index (κ3) is 7.97. The molecule has 41 heavy (non-hydrogen) atoms. The summed E-state index contributed by atoms with van der Waals surface area (Å²) in [5.41, 5.74) is 1.63. The molecule has 1 heterocycles. The van der Waals surface area contributed by atoms with Gasteiger partial charge in [-0.3, -0.25) is 13.9 Å². The van der Waals surface area contributed by atoms with E-state index in [1.54, 1.807) is 6.07 Å². The highest BCUT2D eigenvalue weighted by atomic mass is 32.2. The highest BCUT2D eigenvalue weighted by Gasteiger charge is 2.33. The van der Waals surface area contributed by atoms with Crippen LogP contribution < -0.4 is 19.1 Å². The van der Waals surface area contributed by atoms with Gasteiger partial charge < -0.3 is 19.7 Å². The van der Waals surface area contributed by atoms with E-state index >= 15 is 0 Å². The number of anilines is 1. The van der Waals surface area contributed by atoms with Crippen molar-refractivity contribution in [3.8, 4) is 11.5 Å². The molecular weight excluding hydrogens is 549 g/mol. The molecule has 0 aliphatic carbocycles. The van der Waals surface area contributed by atoms with Gasteiger partial charge in [0, 0.05) is 25.6 Å². The van der Waals surface area contributed by atoms with E-state index in [1.165, 1.54) is 41.3 Å². The topological polar surface area (TPSA) is 105 Å². The Balaban J connectivity index is 1.71. The van der Waals surface area contributed by atoms with Gasteiger partial charge in [0.05, 0.1) is 11.9 Å². The number of fused-ring (bicyclic) bond motifs is 1. The summed E-state index contributed by atoms with van der Waals surface area (Å²) in [6.45, 7) is 3.73. The lowest BCUT2D eigenvalue weighted by Crippen LogP contribution is -2.53. The lowest BCUT2D eigenvalue weighted by atomic mass is 10.0. The fourth-order valence-electron chi connectivity index (χ4n) is 4.42. The van der Waals surface area contributed by atoms with Crippen molar-refractivity contribution >= 4 is 27.5 Å². The monoisotopic (exact) mass is 583 g/mol. The normalized spacial score (nSPS) is 13.1. The average Bonchev–Trinajstić information content (AvgIpc) is 3.41. The van der Waals surface area contributed by atoms with Gasteiger partial charge in [0.2, 0.25) is 28.6 Å². The minimum Gasteiger partial charge on any atom is -0.454 e. The zero-order chi connectivity index (χ0) is 29.6. The molecule has 11 heteroatoms. The number of nitrogens with zero attached hydrogens (tertiary/aromatic N) is 2. The first-order valence-electron chi connectivity index (χ1n) is 13.2. The van der Waals surface area contributed by atoms with E-state index in [0.29, 0.717) is 23.6 Å². The number of nitrogens with one attached hydrogen (secondary N) is 1. The van der Waals surface area contributed by atoms with Gasteiger partial charge in [0.1, 0.15) is 18.4 Å². The first-order valence-corrected chi connectivity index (χ1v) is 15.1. The van der Waals surface area contributed by atoms with Gasteiger partial charge in [-0.25, -0.2) is 12.8 Å².